The zero-order valence-corrected chi connectivity index (χ0v) is 15.4. The number of ether oxygens (including phenoxy) is 1. The molecule has 0 aliphatic carbocycles. The summed E-state index contributed by atoms with van der Waals surface area (Å²) >= 11 is 6.21. The van der Waals surface area contributed by atoms with Gasteiger partial charge < -0.3 is 14.5 Å². The number of rotatable bonds is 5. The van der Waals surface area contributed by atoms with Crippen molar-refractivity contribution in [3.63, 3.8) is 0 Å². The smallest absolute Gasteiger partial charge is 0.254 e. The van der Waals surface area contributed by atoms with E-state index < -0.39 is 0 Å². The van der Waals surface area contributed by atoms with Crippen molar-refractivity contribution in [2.24, 2.45) is 0 Å². The number of carbonyl (C=O) groups excluding carboxylic acids is 2. The lowest BCUT2D eigenvalue weighted by Gasteiger charge is -2.35. The largest absolute Gasteiger partial charge is 0.492 e. The lowest BCUT2D eigenvalue weighted by atomic mass is 10.1. The second-order valence-corrected chi connectivity index (χ2v) is 6.36. The van der Waals surface area contributed by atoms with Crippen molar-refractivity contribution in [1.82, 2.24) is 9.80 Å². The van der Waals surface area contributed by atoms with Gasteiger partial charge in [-0.05, 0) is 38.0 Å². The highest BCUT2D eigenvalue weighted by Gasteiger charge is 2.25. The van der Waals surface area contributed by atoms with Crippen molar-refractivity contribution in [2.75, 3.05) is 32.8 Å². The van der Waals surface area contributed by atoms with Gasteiger partial charge in [-0.25, -0.2) is 0 Å². The second-order valence-electron chi connectivity index (χ2n) is 5.95. The fraction of sp³-hybridized carbons (Fsp3) is 0.556. The predicted octanol–water partition coefficient (Wildman–Crippen LogP) is 3.13. The molecule has 1 aliphatic rings. The van der Waals surface area contributed by atoms with E-state index in [-0.39, 0.29) is 11.8 Å². The van der Waals surface area contributed by atoms with Gasteiger partial charge in [0.15, 0.2) is 0 Å². The number of aryl methyl sites for hydroxylation is 1. The number of benzene rings is 1. The summed E-state index contributed by atoms with van der Waals surface area (Å²) in [7, 11) is 0. The van der Waals surface area contributed by atoms with Crippen LogP contribution in [0.4, 0.5) is 0 Å². The number of nitrogens with zero attached hydrogens (tertiary/aromatic N) is 2. The van der Waals surface area contributed by atoms with Gasteiger partial charge in [0, 0.05) is 38.2 Å². The van der Waals surface area contributed by atoms with Crippen LogP contribution in [0, 0.1) is 6.92 Å². The third kappa shape index (κ3) is 4.20. The Kier molecular flexibility index (Phi) is 6.49. The summed E-state index contributed by atoms with van der Waals surface area (Å²) in [4.78, 5) is 28.3. The number of carbonyl (C=O) groups is 2. The fourth-order valence-electron chi connectivity index (χ4n) is 2.85. The summed E-state index contributed by atoms with van der Waals surface area (Å²) in [5.41, 5.74) is 1.44. The van der Waals surface area contributed by atoms with Gasteiger partial charge in [0.25, 0.3) is 5.91 Å². The third-order valence-corrected chi connectivity index (χ3v) is 4.49. The summed E-state index contributed by atoms with van der Waals surface area (Å²) in [6.07, 6.45) is 1.42. The predicted molar refractivity (Wildman–Crippen MR) is 94.7 cm³/mol. The van der Waals surface area contributed by atoms with Gasteiger partial charge in [-0.2, -0.15) is 0 Å². The van der Waals surface area contributed by atoms with Crippen molar-refractivity contribution < 1.29 is 14.3 Å². The van der Waals surface area contributed by atoms with Crippen LogP contribution >= 0.6 is 11.6 Å². The van der Waals surface area contributed by atoms with Crippen LogP contribution in [-0.4, -0.2) is 54.4 Å². The maximum atomic E-state index is 12.8. The van der Waals surface area contributed by atoms with Crippen molar-refractivity contribution in [3.8, 4) is 5.75 Å². The molecule has 24 heavy (non-hydrogen) atoms. The molecule has 5 nitrogen and oxygen atoms in total. The van der Waals surface area contributed by atoms with Gasteiger partial charge >= 0.3 is 0 Å². The molecule has 0 spiro atoms. The van der Waals surface area contributed by atoms with E-state index in [0.29, 0.717) is 55.5 Å². The van der Waals surface area contributed by atoms with E-state index in [1.165, 1.54) is 0 Å². The van der Waals surface area contributed by atoms with Crippen molar-refractivity contribution in [1.29, 1.82) is 0 Å². The highest BCUT2D eigenvalue weighted by atomic mass is 35.5. The molecule has 1 saturated heterocycles. The van der Waals surface area contributed by atoms with Crippen molar-refractivity contribution >= 4 is 23.4 Å². The fourth-order valence-corrected chi connectivity index (χ4v) is 3.07. The Morgan fingerprint density at radius 3 is 2.33 bits per heavy atom. The zero-order chi connectivity index (χ0) is 17.7. The molecule has 1 aromatic rings. The molecule has 0 unspecified atom stereocenters. The summed E-state index contributed by atoms with van der Waals surface area (Å²) in [5.74, 6) is 0.730. The summed E-state index contributed by atoms with van der Waals surface area (Å²) in [6, 6.07) is 3.49. The molecule has 1 heterocycles. The Labute approximate surface area is 148 Å². The van der Waals surface area contributed by atoms with E-state index in [1.807, 2.05) is 25.7 Å². The van der Waals surface area contributed by atoms with Crippen LogP contribution in [0.5, 0.6) is 5.75 Å². The van der Waals surface area contributed by atoms with Gasteiger partial charge in [0.05, 0.1) is 11.6 Å². The normalized spacial score (nSPS) is 14.7. The highest BCUT2D eigenvalue weighted by molar-refractivity contribution is 6.32. The van der Waals surface area contributed by atoms with Crippen LogP contribution in [0.15, 0.2) is 12.1 Å². The number of hydrogen-bond acceptors (Lipinski definition) is 3. The molecule has 2 rings (SSSR count). The van der Waals surface area contributed by atoms with Gasteiger partial charge in [0.1, 0.15) is 5.75 Å². The van der Waals surface area contributed by atoms with Crippen LogP contribution in [0.3, 0.4) is 0 Å². The lowest BCUT2D eigenvalue weighted by Crippen LogP contribution is -2.50. The quantitative estimate of drug-likeness (QED) is 0.818. The molecular weight excluding hydrogens is 328 g/mol. The number of hydrogen-bond donors (Lipinski definition) is 0. The Hall–Kier alpha value is -1.75. The Bertz CT molecular complexity index is 611. The van der Waals surface area contributed by atoms with E-state index in [1.54, 1.807) is 17.0 Å². The molecule has 0 bridgehead atoms. The number of halogens is 1. The van der Waals surface area contributed by atoms with E-state index in [9.17, 15) is 9.59 Å². The van der Waals surface area contributed by atoms with Crippen LogP contribution in [0.2, 0.25) is 5.02 Å². The van der Waals surface area contributed by atoms with E-state index in [4.69, 9.17) is 16.3 Å². The van der Waals surface area contributed by atoms with E-state index in [0.717, 1.165) is 12.0 Å². The average Bonchev–Trinajstić information content (AvgIpc) is 2.58. The minimum Gasteiger partial charge on any atom is -0.492 e. The Morgan fingerprint density at radius 1 is 1.12 bits per heavy atom. The molecule has 0 aromatic heterocycles. The Morgan fingerprint density at radius 2 is 1.75 bits per heavy atom. The van der Waals surface area contributed by atoms with Crippen molar-refractivity contribution in [2.45, 2.75) is 33.6 Å². The van der Waals surface area contributed by atoms with Crippen LogP contribution in [0.1, 0.15) is 42.6 Å². The maximum Gasteiger partial charge on any atom is 0.254 e. The average molecular weight is 353 g/mol. The molecule has 1 aromatic carbocycles. The van der Waals surface area contributed by atoms with E-state index >= 15 is 0 Å². The first-order chi connectivity index (χ1) is 11.5. The first kappa shape index (κ1) is 18.6. The van der Waals surface area contributed by atoms with Gasteiger partial charge in [-0.3, -0.25) is 9.59 Å². The first-order valence-corrected chi connectivity index (χ1v) is 8.85. The minimum atomic E-state index is -0.0416. The number of piperazine rings is 1. The highest BCUT2D eigenvalue weighted by Crippen LogP contribution is 2.29. The van der Waals surface area contributed by atoms with Crippen molar-refractivity contribution in [3.05, 3.63) is 28.3 Å². The summed E-state index contributed by atoms with van der Waals surface area (Å²) in [6.45, 7) is 8.59. The minimum absolute atomic E-state index is 0.0416. The molecule has 0 radical (unpaired) electrons. The topological polar surface area (TPSA) is 49.9 Å². The molecule has 6 heteroatoms. The van der Waals surface area contributed by atoms with Gasteiger partial charge in [-0.1, -0.05) is 18.5 Å². The van der Waals surface area contributed by atoms with E-state index in [2.05, 4.69) is 0 Å². The maximum absolute atomic E-state index is 12.8. The molecular formula is C18H25ClN2O3. The standard InChI is InChI=1S/C18H25ClN2O3/c1-4-6-17(22)20-7-9-21(10-8-20)18(23)14-12-15(19)16(24-5-2)11-13(14)3/h11-12H,4-10H2,1-3H3. The van der Waals surface area contributed by atoms with Gasteiger partial charge in [-0.15, -0.1) is 0 Å². The molecule has 1 aliphatic heterocycles. The van der Waals surface area contributed by atoms with Crippen LogP contribution in [-0.2, 0) is 4.79 Å². The molecule has 1 fully saturated rings. The zero-order valence-electron chi connectivity index (χ0n) is 14.6. The Balaban J connectivity index is 2.05. The second kappa shape index (κ2) is 8.38. The van der Waals surface area contributed by atoms with Crippen LogP contribution < -0.4 is 4.74 Å². The third-order valence-electron chi connectivity index (χ3n) is 4.19. The monoisotopic (exact) mass is 352 g/mol. The first-order valence-electron chi connectivity index (χ1n) is 8.47. The lowest BCUT2D eigenvalue weighted by molar-refractivity contribution is -0.132. The molecule has 0 atom stereocenters. The molecule has 0 saturated carbocycles. The molecule has 132 valence electrons. The van der Waals surface area contributed by atoms with Gasteiger partial charge in [0.2, 0.25) is 5.91 Å². The van der Waals surface area contributed by atoms with Crippen LogP contribution in [0.25, 0.3) is 0 Å². The number of amides is 2. The molecule has 0 N–H and O–H groups in total. The SMILES string of the molecule is CCCC(=O)N1CCN(C(=O)c2cc(Cl)c(OCC)cc2C)CC1. The summed E-state index contributed by atoms with van der Waals surface area (Å²) in [5, 5.41) is 0.447. The molecule has 2 amide bonds. The summed E-state index contributed by atoms with van der Waals surface area (Å²) < 4.78 is 5.46.